The van der Waals surface area contributed by atoms with Crippen molar-refractivity contribution in [3.8, 4) is 0 Å². The molecule has 2 aromatic carbocycles. The maximum absolute atomic E-state index is 12.2. The molecule has 0 saturated carbocycles. The van der Waals surface area contributed by atoms with Crippen LogP contribution in [0.3, 0.4) is 0 Å². The third-order valence-electron chi connectivity index (χ3n) is 4.63. The molecule has 0 radical (unpaired) electrons. The molecule has 0 spiro atoms. The molecular formula is C20H24O7S2. The molecule has 2 aromatic rings. The van der Waals surface area contributed by atoms with Gasteiger partial charge < -0.3 is 4.74 Å². The summed E-state index contributed by atoms with van der Waals surface area (Å²) in [5, 5.41) is 0. The summed E-state index contributed by atoms with van der Waals surface area (Å²) in [7, 11) is -7.73. The molecule has 0 unspecified atom stereocenters. The second-order valence-corrected chi connectivity index (χ2v) is 10.3. The van der Waals surface area contributed by atoms with Crippen molar-refractivity contribution in [2.45, 2.75) is 48.7 Å². The van der Waals surface area contributed by atoms with E-state index in [1.807, 2.05) is 13.8 Å². The molecule has 9 heteroatoms. The highest BCUT2D eigenvalue weighted by Crippen LogP contribution is 2.23. The number of ether oxygens (including phenoxy) is 1. The van der Waals surface area contributed by atoms with Gasteiger partial charge in [0.05, 0.1) is 35.2 Å². The van der Waals surface area contributed by atoms with Gasteiger partial charge in [0.1, 0.15) is 0 Å². The minimum Gasteiger partial charge on any atom is -0.370 e. The third kappa shape index (κ3) is 5.86. The molecule has 0 aromatic heterocycles. The minimum atomic E-state index is -3.86. The van der Waals surface area contributed by atoms with E-state index in [9.17, 15) is 16.8 Å². The Morgan fingerprint density at radius 1 is 0.724 bits per heavy atom. The van der Waals surface area contributed by atoms with Gasteiger partial charge in [0.15, 0.2) is 0 Å². The van der Waals surface area contributed by atoms with Gasteiger partial charge in [0.2, 0.25) is 0 Å². The predicted molar refractivity (Wildman–Crippen MR) is 107 cm³/mol. The zero-order valence-electron chi connectivity index (χ0n) is 16.3. The number of hydrogen-bond acceptors (Lipinski definition) is 7. The first kappa shape index (κ1) is 21.9. The van der Waals surface area contributed by atoms with Crippen molar-refractivity contribution in [3.63, 3.8) is 0 Å². The Balaban J connectivity index is 1.49. The Morgan fingerprint density at radius 3 is 1.41 bits per heavy atom. The second kappa shape index (κ2) is 8.93. The van der Waals surface area contributed by atoms with Gasteiger partial charge in [-0.15, -0.1) is 0 Å². The standard InChI is InChI=1S/C20H24O7S2/c1-15-3-9-19(10-4-15)28(21,22)25-13-17-7-8-18(27-17)14-26-29(23,24)20-11-5-16(2)6-12-20/h3-6,9-12,17-18H,7-8,13-14H2,1-2H3/t17-,18-/m1/s1. The monoisotopic (exact) mass is 440 g/mol. The molecule has 0 amide bonds. The fourth-order valence-corrected chi connectivity index (χ4v) is 4.78. The highest BCUT2D eigenvalue weighted by atomic mass is 32.2. The lowest BCUT2D eigenvalue weighted by molar-refractivity contribution is -0.000186. The van der Waals surface area contributed by atoms with Crippen molar-refractivity contribution in [1.29, 1.82) is 0 Å². The molecule has 1 aliphatic heterocycles. The number of hydrogen-bond donors (Lipinski definition) is 0. The molecule has 2 atom stereocenters. The Morgan fingerprint density at radius 2 is 1.07 bits per heavy atom. The number of aryl methyl sites for hydroxylation is 2. The Labute approximate surface area is 171 Å². The fraction of sp³-hybridized carbons (Fsp3) is 0.400. The molecular weight excluding hydrogens is 416 g/mol. The largest absolute Gasteiger partial charge is 0.370 e. The van der Waals surface area contributed by atoms with Crippen LogP contribution in [-0.2, 0) is 33.3 Å². The Kier molecular flexibility index (Phi) is 6.75. The lowest BCUT2D eigenvalue weighted by Gasteiger charge is -2.14. The summed E-state index contributed by atoms with van der Waals surface area (Å²) < 4.78 is 64.8. The van der Waals surface area contributed by atoms with E-state index in [2.05, 4.69) is 0 Å². The first-order valence-corrected chi connectivity index (χ1v) is 12.0. The average Bonchev–Trinajstić information content (AvgIpc) is 3.14. The highest BCUT2D eigenvalue weighted by Gasteiger charge is 2.29. The van der Waals surface area contributed by atoms with Crippen LogP contribution in [0.25, 0.3) is 0 Å². The zero-order chi connectivity index (χ0) is 21.1. The van der Waals surface area contributed by atoms with Crippen molar-refractivity contribution in [2.24, 2.45) is 0 Å². The van der Waals surface area contributed by atoms with Gasteiger partial charge in [-0.3, -0.25) is 8.37 Å². The SMILES string of the molecule is Cc1ccc(S(=O)(=O)OC[C@H]2CC[C@H](COS(=O)(=O)c3ccc(C)cc3)O2)cc1. The molecule has 1 fully saturated rings. The van der Waals surface area contributed by atoms with E-state index in [0.29, 0.717) is 12.8 Å². The van der Waals surface area contributed by atoms with E-state index in [1.165, 1.54) is 24.3 Å². The van der Waals surface area contributed by atoms with Crippen molar-refractivity contribution in [2.75, 3.05) is 13.2 Å². The summed E-state index contributed by atoms with van der Waals surface area (Å²) in [6, 6.07) is 12.8. The van der Waals surface area contributed by atoms with Gasteiger partial charge >= 0.3 is 0 Å². The molecule has 158 valence electrons. The van der Waals surface area contributed by atoms with Crippen LogP contribution < -0.4 is 0 Å². The van der Waals surface area contributed by atoms with Gasteiger partial charge in [-0.25, -0.2) is 0 Å². The van der Waals surface area contributed by atoms with E-state index in [1.54, 1.807) is 24.3 Å². The fourth-order valence-electron chi connectivity index (χ4n) is 2.90. The van der Waals surface area contributed by atoms with Gasteiger partial charge in [0, 0.05) is 0 Å². The van der Waals surface area contributed by atoms with Crippen LogP contribution in [-0.4, -0.2) is 42.3 Å². The molecule has 0 aliphatic carbocycles. The molecule has 0 N–H and O–H groups in total. The molecule has 1 heterocycles. The van der Waals surface area contributed by atoms with E-state index in [0.717, 1.165) is 11.1 Å². The van der Waals surface area contributed by atoms with Crippen LogP contribution in [0, 0.1) is 13.8 Å². The summed E-state index contributed by atoms with van der Waals surface area (Å²) in [4.78, 5) is 0.176. The maximum atomic E-state index is 12.2. The summed E-state index contributed by atoms with van der Waals surface area (Å²) in [5.74, 6) is 0. The lowest BCUT2D eigenvalue weighted by atomic mass is 10.2. The van der Waals surface area contributed by atoms with E-state index in [4.69, 9.17) is 13.1 Å². The maximum Gasteiger partial charge on any atom is 0.297 e. The topological polar surface area (TPSA) is 96.0 Å². The number of benzene rings is 2. The van der Waals surface area contributed by atoms with Crippen LogP contribution in [0.4, 0.5) is 0 Å². The van der Waals surface area contributed by atoms with Crippen LogP contribution in [0.1, 0.15) is 24.0 Å². The van der Waals surface area contributed by atoms with Crippen molar-refractivity contribution in [1.82, 2.24) is 0 Å². The smallest absolute Gasteiger partial charge is 0.297 e. The van der Waals surface area contributed by atoms with E-state index >= 15 is 0 Å². The van der Waals surface area contributed by atoms with Crippen LogP contribution in [0.5, 0.6) is 0 Å². The normalized spacial score (nSPS) is 20.1. The predicted octanol–water partition coefficient (Wildman–Crippen LogP) is 2.96. The summed E-state index contributed by atoms with van der Waals surface area (Å²) in [6.07, 6.45) is 0.237. The summed E-state index contributed by atoms with van der Waals surface area (Å²) in [5.41, 5.74) is 1.90. The molecule has 3 rings (SSSR count). The second-order valence-electron chi connectivity index (χ2n) is 7.06. The highest BCUT2D eigenvalue weighted by molar-refractivity contribution is 7.87. The van der Waals surface area contributed by atoms with Crippen molar-refractivity contribution < 1.29 is 29.9 Å². The van der Waals surface area contributed by atoms with E-state index in [-0.39, 0.29) is 23.0 Å². The first-order chi connectivity index (χ1) is 13.7. The molecule has 1 saturated heterocycles. The van der Waals surface area contributed by atoms with Gasteiger partial charge in [0.25, 0.3) is 20.2 Å². The quantitative estimate of drug-likeness (QED) is 0.582. The van der Waals surface area contributed by atoms with Gasteiger partial charge in [-0.1, -0.05) is 35.4 Å². The molecule has 1 aliphatic rings. The number of rotatable bonds is 8. The van der Waals surface area contributed by atoms with Crippen LogP contribution in [0.2, 0.25) is 0 Å². The molecule has 0 bridgehead atoms. The molecule has 7 nitrogen and oxygen atoms in total. The third-order valence-corrected chi connectivity index (χ3v) is 7.22. The van der Waals surface area contributed by atoms with Gasteiger partial charge in [-0.2, -0.15) is 16.8 Å². The van der Waals surface area contributed by atoms with E-state index < -0.39 is 32.4 Å². The minimum absolute atomic E-state index is 0.0881. The zero-order valence-corrected chi connectivity index (χ0v) is 17.9. The van der Waals surface area contributed by atoms with Gasteiger partial charge in [-0.05, 0) is 51.0 Å². The van der Waals surface area contributed by atoms with Crippen LogP contribution in [0.15, 0.2) is 58.3 Å². The van der Waals surface area contributed by atoms with Crippen LogP contribution >= 0.6 is 0 Å². The lowest BCUT2D eigenvalue weighted by Crippen LogP contribution is -2.23. The Hall–Kier alpha value is -1.78. The Bertz CT molecular complexity index is 942. The molecule has 29 heavy (non-hydrogen) atoms. The summed E-state index contributed by atoms with van der Waals surface area (Å²) >= 11 is 0. The first-order valence-electron chi connectivity index (χ1n) is 9.23. The summed E-state index contributed by atoms with van der Waals surface area (Å²) in [6.45, 7) is 3.48. The average molecular weight is 441 g/mol. The van der Waals surface area contributed by atoms with Crippen molar-refractivity contribution >= 4 is 20.2 Å². The van der Waals surface area contributed by atoms with Crippen molar-refractivity contribution in [3.05, 3.63) is 59.7 Å².